The number of nitrogens with one attached hydrogen (secondary N) is 1. The molecule has 1 aromatic rings. The van der Waals surface area contributed by atoms with E-state index >= 15 is 0 Å². The Morgan fingerprint density at radius 3 is 2.83 bits per heavy atom. The second-order valence-electron chi connectivity index (χ2n) is 3.91. The SMILES string of the molecule is CC/C(=C/CNc1cc(Br)ccc1C)C(=O)OC. The first-order valence-electron chi connectivity index (χ1n) is 5.85. The predicted octanol–water partition coefficient (Wildman–Crippen LogP) is 3.68. The van der Waals surface area contributed by atoms with Crippen LogP contribution in [0.3, 0.4) is 0 Å². The van der Waals surface area contributed by atoms with Gasteiger partial charge in [-0.1, -0.05) is 35.0 Å². The van der Waals surface area contributed by atoms with E-state index in [1.54, 1.807) is 0 Å². The van der Waals surface area contributed by atoms with Gasteiger partial charge in [-0.2, -0.15) is 0 Å². The van der Waals surface area contributed by atoms with E-state index < -0.39 is 0 Å². The number of halogens is 1. The van der Waals surface area contributed by atoms with Crippen molar-refractivity contribution in [2.75, 3.05) is 19.0 Å². The van der Waals surface area contributed by atoms with Crippen LogP contribution < -0.4 is 5.32 Å². The lowest BCUT2D eigenvalue weighted by molar-refractivity contribution is -0.136. The molecular formula is C14H18BrNO2. The lowest BCUT2D eigenvalue weighted by Crippen LogP contribution is -2.07. The summed E-state index contributed by atoms with van der Waals surface area (Å²) in [4.78, 5) is 11.4. The average molecular weight is 312 g/mol. The number of carbonyl (C=O) groups excluding carboxylic acids is 1. The molecule has 0 radical (unpaired) electrons. The van der Waals surface area contributed by atoms with Crippen molar-refractivity contribution in [3.05, 3.63) is 39.9 Å². The Kier molecular flexibility index (Phi) is 5.92. The molecular weight excluding hydrogens is 294 g/mol. The normalized spacial score (nSPS) is 11.2. The quantitative estimate of drug-likeness (QED) is 0.666. The van der Waals surface area contributed by atoms with Crippen LogP contribution in [0, 0.1) is 6.92 Å². The molecule has 4 heteroatoms. The third kappa shape index (κ3) is 4.18. The number of hydrogen-bond acceptors (Lipinski definition) is 3. The highest BCUT2D eigenvalue weighted by atomic mass is 79.9. The number of benzene rings is 1. The molecule has 0 saturated heterocycles. The second-order valence-corrected chi connectivity index (χ2v) is 4.83. The first-order valence-corrected chi connectivity index (χ1v) is 6.65. The summed E-state index contributed by atoms with van der Waals surface area (Å²) in [5.74, 6) is -0.259. The van der Waals surface area contributed by atoms with Crippen molar-refractivity contribution in [1.82, 2.24) is 0 Å². The Morgan fingerprint density at radius 1 is 1.50 bits per heavy atom. The Morgan fingerprint density at radius 2 is 2.22 bits per heavy atom. The first kappa shape index (κ1) is 14.8. The minimum atomic E-state index is -0.259. The average Bonchev–Trinajstić information content (AvgIpc) is 2.37. The minimum absolute atomic E-state index is 0.259. The van der Waals surface area contributed by atoms with Crippen molar-refractivity contribution in [1.29, 1.82) is 0 Å². The number of esters is 1. The molecule has 3 nitrogen and oxygen atoms in total. The molecule has 1 rings (SSSR count). The molecule has 0 aliphatic carbocycles. The van der Waals surface area contributed by atoms with E-state index in [0.29, 0.717) is 18.5 Å². The molecule has 0 aliphatic heterocycles. The number of aryl methyl sites for hydroxylation is 1. The molecule has 0 aliphatic rings. The predicted molar refractivity (Wildman–Crippen MR) is 77.8 cm³/mol. The van der Waals surface area contributed by atoms with Gasteiger partial charge in [0.2, 0.25) is 0 Å². The maximum Gasteiger partial charge on any atom is 0.333 e. The highest BCUT2D eigenvalue weighted by molar-refractivity contribution is 9.10. The van der Waals surface area contributed by atoms with Gasteiger partial charge >= 0.3 is 5.97 Å². The third-order valence-electron chi connectivity index (χ3n) is 2.67. The maximum absolute atomic E-state index is 11.4. The summed E-state index contributed by atoms with van der Waals surface area (Å²) in [6.45, 7) is 4.59. The summed E-state index contributed by atoms with van der Waals surface area (Å²) in [5.41, 5.74) is 2.92. The monoisotopic (exact) mass is 311 g/mol. The van der Waals surface area contributed by atoms with Gasteiger partial charge in [0.1, 0.15) is 0 Å². The fourth-order valence-corrected chi connectivity index (χ4v) is 1.93. The molecule has 0 unspecified atom stereocenters. The summed E-state index contributed by atoms with van der Waals surface area (Å²) >= 11 is 3.44. The van der Waals surface area contributed by atoms with E-state index in [1.807, 2.05) is 38.1 Å². The van der Waals surface area contributed by atoms with Crippen LogP contribution in [0.15, 0.2) is 34.3 Å². The van der Waals surface area contributed by atoms with Crippen molar-refractivity contribution < 1.29 is 9.53 Å². The van der Waals surface area contributed by atoms with E-state index in [0.717, 1.165) is 10.2 Å². The van der Waals surface area contributed by atoms with Crippen molar-refractivity contribution >= 4 is 27.6 Å². The van der Waals surface area contributed by atoms with E-state index in [2.05, 4.69) is 21.2 Å². The van der Waals surface area contributed by atoms with Crippen molar-refractivity contribution in [2.24, 2.45) is 0 Å². The maximum atomic E-state index is 11.4. The zero-order chi connectivity index (χ0) is 13.5. The van der Waals surface area contributed by atoms with Crippen LogP contribution >= 0.6 is 15.9 Å². The molecule has 0 bridgehead atoms. The first-order chi connectivity index (χ1) is 8.58. The fourth-order valence-electron chi connectivity index (χ4n) is 1.57. The Hall–Kier alpha value is -1.29. The van der Waals surface area contributed by atoms with Crippen LogP contribution in [0.1, 0.15) is 18.9 Å². The second kappa shape index (κ2) is 7.21. The summed E-state index contributed by atoms with van der Waals surface area (Å²) in [6.07, 6.45) is 2.54. The van der Waals surface area contributed by atoms with E-state index in [9.17, 15) is 4.79 Å². The number of anilines is 1. The van der Waals surface area contributed by atoms with Crippen LogP contribution in [0.5, 0.6) is 0 Å². The fraction of sp³-hybridized carbons (Fsp3) is 0.357. The zero-order valence-corrected chi connectivity index (χ0v) is 12.5. The topological polar surface area (TPSA) is 38.3 Å². The van der Waals surface area contributed by atoms with Gasteiger partial charge < -0.3 is 10.1 Å². The number of rotatable bonds is 5. The highest BCUT2D eigenvalue weighted by Gasteiger charge is 2.06. The highest BCUT2D eigenvalue weighted by Crippen LogP contribution is 2.20. The lowest BCUT2D eigenvalue weighted by Gasteiger charge is -2.09. The Balaban J connectivity index is 2.67. The number of methoxy groups -OCH3 is 1. The van der Waals surface area contributed by atoms with Gasteiger partial charge in [0, 0.05) is 22.3 Å². The van der Waals surface area contributed by atoms with Gasteiger partial charge in [0.15, 0.2) is 0 Å². The van der Waals surface area contributed by atoms with Crippen LogP contribution in [0.4, 0.5) is 5.69 Å². The number of carbonyl (C=O) groups is 1. The molecule has 1 aromatic carbocycles. The molecule has 0 atom stereocenters. The van der Waals surface area contributed by atoms with Crippen molar-refractivity contribution in [3.8, 4) is 0 Å². The van der Waals surface area contributed by atoms with Gasteiger partial charge in [-0.15, -0.1) is 0 Å². The molecule has 98 valence electrons. The van der Waals surface area contributed by atoms with Crippen LogP contribution in [0.25, 0.3) is 0 Å². The van der Waals surface area contributed by atoms with Crippen molar-refractivity contribution in [3.63, 3.8) is 0 Å². The molecule has 0 amide bonds. The van der Waals surface area contributed by atoms with E-state index in [-0.39, 0.29) is 5.97 Å². The smallest absolute Gasteiger partial charge is 0.333 e. The van der Waals surface area contributed by atoms with E-state index in [1.165, 1.54) is 12.7 Å². The molecule has 0 heterocycles. The molecule has 18 heavy (non-hydrogen) atoms. The third-order valence-corrected chi connectivity index (χ3v) is 3.16. The van der Waals surface area contributed by atoms with Crippen molar-refractivity contribution in [2.45, 2.75) is 20.3 Å². The standard InChI is InChI=1S/C14H18BrNO2/c1-4-11(14(17)18-3)7-8-16-13-9-12(15)6-5-10(13)2/h5-7,9,16H,4,8H2,1-3H3/b11-7-. The molecule has 0 spiro atoms. The summed E-state index contributed by atoms with van der Waals surface area (Å²) < 4.78 is 5.74. The Bertz CT molecular complexity index is 455. The van der Waals surface area contributed by atoms with Crippen LogP contribution in [0.2, 0.25) is 0 Å². The minimum Gasteiger partial charge on any atom is -0.466 e. The molecule has 0 saturated carbocycles. The summed E-state index contributed by atoms with van der Waals surface area (Å²) in [6, 6.07) is 6.06. The van der Waals surface area contributed by atoms with Crippen LogP contribution in [-0.4, -0.2) is 19.6 Å². The van der Waals surface area contributed by atoms with Gasteiger partial charge in [0.25, 0.3) is 0 Å². The lowest BCUT2D eigenvalue weighted by atomic mass is 10.2. The van der Waals surface area contributed by atoms with E-state index in [4.69, 9.17) is 4.74 Å². The molecule has 0 aromatic heterocycles. The van der Waals surface area contributed by atoms with Gasteiger partial charge in [-0.25, -0.2) is 4.79 Å². The Labute approximate surface area is 116 Å². The summed E-state index contributed by atoms with van der Waals surface area (Å²) in [7, 11) is 1.40. The van der Waals surface area contributed by atoms with Gasteiger partial charge in [-0.3, -0.25) is 0 Å². The number of ether oxygens (including phenoxy) is 1. The largest absolute Gasteiger partial charge is 0.466 e. The molecule has 1 N–H and O–H groups in total. The molecule has 0 fully saturated rings. The summed E-state index contributed by atoms with van der Waals surface area (Å²) in [5, 5.41) is 3.28. The van der Waals surface area contributed by atoms with Gasteiger partial charge in [-0.05, 0) is 31.0 Å². The zero-order valence-electron chi connectivity index (χ0n) is 10.9. The number of hydrogen-bond donors (Lipinski definition) is 1. The van der Waals surface area contributed by atoms with Gasteiger partial charge in [0.05, 0.1) is 7.11 Å². The van der Waals surface area contributed by atoms with Crippen LogP contribution in [-0.2, 0) is 9.53 Å².